The number of carbonyl (C=O) groups is 3. The third-order valence-electron chi connectivity index (χ3n) is 4.19. The number of halogens is 3. The van der Waals surface area contributed by atoms with Gasteiger partial charge >= 0.3 is 6.03 Å². The molecule has 1 aliphatic heterocycles. The molecule has 2 aromatic rings. The molecule has 0 unspecified atom stereocenters. The zero-order valence-electron chi connectivity index (χ0n) is 14.1. The molecule has 0 spiro atoms. The third kappa shape index (κ3) is 3.61. The van der Waals surface area contributed by atoms with E-state index in [4.69, 9.17) is 23.2 Å². The lowest BCUT2D eigenvalue weighted by Gasteiger charge is -2.23. The second-order valence-corrected chi connectivity index (χ2v) is 6.94. The summed E-state index contributed by atoms with van der Waals surface area (Å²) in [6.07, 6.45) is 0. The molecule has 9 heteroatoms. The van der Waals surface area contributed by atoms with Crippen LogP contribution in [0.2, 0.25) is 10.0 Å². The minimum Gasteiger partial charge on any atom is -0.322 e. The molecule has 2 aromatic carbocycles. The topological polar surface area (TPSA) is 78.5 Å². The van der Waals surface area contributed by atoms with Crippen LogP contribution >= 0.6 is 23.2 Å². The van der Waals surface area contributed by atoms with Gasteiger partial charge < -0.3 is 10.6 Å². The first-order valence-electron chi connectivity index (χ1n) is 7.86. The Bertz CT molecular complexity index is 953. The molecule has 1 fully saturated rings. The predicted octanol–water partition coefficient (Wildman–Crippen LogP) is 3.54. The molecule has 1 heterocycles. The van der Waals surface area contributed by atoms with Gasteiger partial charge in [0.25, 0.3) is 5.91 Å². The van der Waals surface area contributed by atoms with E-state index in [-0.39, 0.29) is 10.7 Å². The first kappa shape index (κ1) is 19.1. The summed E-state index contributed by atoms with van der Waals surface area (Å²) in [7, 11) is 0. The minimum absolute atomic E-state index is 0.145. The van der Waals surface area contributed by atoms with Crippen molar-refractivity contribution in [3.63, 3.8) is 0 Å². The fourth-order valence-electron chi connectivity index (χ4n) is 2.82. The summed E-state index contributed by atoms with van der Waals surface area (Å²) in [5.74, 6) is -2.07. The Hall–Kier alpha value is -2.64. The van der Waals surface area contributed by atoms with Crippen LogP contribution in [0.4, 0.5) is 14.9 Å². The van der Waals surface area contributed by atoms with Crippen molar-refractivity contribution in [3.8, 4) is 0 Å². The van der Waals surface area contributed by atoms with E-state index in [0.717, 1.165) is 11.0 Å². The van der Waals surface area contributed by atoms with Gasteiger partial charge in [0.15, 0.2) is 0 Å². The number of nitrogens with one attached hydrogen (secondary N) is 2. The highest BCUT2D eigenvalue weighted by Crippen LogP contribution is 2.33. The molecule has 1 aliphatic rings. The Kier molecular flexibility index (Phi) is 5.08. The van der Waals surface area contributed by atoms with E-state index < -0.39 is 35.7 Å². The molecule has 2 N–H and O–H groups in total. The van der Waals surface area contributed by atoms with Crippen molar-refractivity contribution in [1.82, 2.24) is 10.2 Å². The van der Waals surface area contributed by atoms with Crippen LogP contribution in [-0.4, -0.2) is 29.3 Å². The van der Waals surface area contributed by atoms with Crippen molar-refractivity contribution in [1.29, 1.82) is 0 Å². The number of rotatable bonds is 4. The zero-order chi connectivity index (χ0) is 19.8. The van der Waals surface area contributed by atoms with Gasteiger partial charge in [0.2, 0.25) is 5.91 Å². The van der Waals surface area contributed by atoms with Crippen molar-refractivity contribution in [3.05, 3.63) is 63.9 Å². The largest absolute Gasteiger partial charge is 0.325 e. The highest BCUT2D eigenvalue weighted by molar-refractivity contribution is 6.32. The average molecular weight is 410 g/mol. The van der Waals surface area contributed by atoms with E-state index in [0.29, 0.717) is 10.6 Å². The van der Waals surface area contributed by atoms with Crippen LogP contribution in [0, 0.1) is 5.82 Å². The number of hydrogen-bond donors (Lipinski definition) is 2. The molecule has 0 bridgehead atoms. The monoisotopic (exact) mass is 409 g/mol. The first-order chi connectivity index (χ1) is 12.7. The number of urea groups is 1. The van der Waals surface area contributed by atoms with Gasteiger partial charge in [-0.3, -0.25) is 14.5 Å². The van der Waals surface area contributed by atoms with Crippen LogP contribution in [0.25, 0.3) is 0 Å². The average Bonchev–Trinajstić information content (AvgIpc) is 2.82. The molecular weight excluding hydrogens is 396 g/mol. The predicted molar refractivity (Wildman–Crippen MR) is 99.1 cm³/mol. The van der Waals surface area contributed by atoms with Crippen LogP contribution in [0.15, 0.2) is 42.5 Å². The number of anilines is 1. The molecule has 1 atom stereocenters. The minimum atomic E-state index is -1.41. The fourth-order valence-corrected chi connectivity index (χ4v) is 3.31. The maximum atomic E-state index is 13.7. The van der Waals surface area contributed by atoms with Gasteiger partial charge in [-0.1, -0.05) is 41.4 Å². The standard InChI is InChI=1S/C18H14Cl2FN3O3/c1-18(11-4-2-3-5-12(11)20)16(26)24(17(27)23-18)9-15(25)22-14-8-10(19)6-7-13(14)21/h2-8H,9H2,1H3,(H,22,25)(H,23,27)/t18-/m0/s1. The Morgan fingerprint density at radius 2 is 1.93 bits per heavy atom. The SMILES string of the molecule is C[C@@]1(c2ccccc2Cl)NC(=O)N(CC(=O)Nc2cc(Cl)ccc2F)C1=O. The lowest BCUT2D eigenvalue weighted by molar-refractivity contribution is -0.133. The van der Waals surface area contributed by atoms with Gasteiger partial charge in [0.1, 0.15) is 17.9 Å². The van der Waals surface area contributed by atoms with Crippen LogP contribution in [0.5, 0.6) is 0 Å². The van der Waals surface area contributed by atoms with Gasteiger partial charge in [0, 0.05) is 15.6 Å². The van der Waals surface area contributed by atoms with Crippen LogP contribution in [0.3, 0.4) is 0 Å². The molecule has 0 radical (unpaired) electrons. The summed E-state index contributed by atoms with van der Waals surface area (Å²) in [6, 6.07) is 9.51. The molecule has 140 valence electrons. The van der Waals surface area contributed by atoms with Gasteiger partial charge in [-0.25, -0.2) is 9.18 Å². The van der Waals surface area contributed by atoms with Crippen LogP contribution < -0.4 is 10.6 Å². The summed E-state index contributed by atoms with van der Waals surface area (Å²) >= 11 is 11.9. The van der Waals surface area contributed by atoms with E-state index >= 15 is 0 Å². The number of carbonyl (C=O) groups excluding carboxylic acids is 3. The maximum Gasteiger partial charge on any atom is 0.325 e. The molecule has 27 heavy (non-hydrogen) atoms. The van der Waals surface area contributed by atoms with Gasteiger partial charge in [-0.15, -0.1) is 0 Å². The molecule has 6 nitrogen and oxygen atoms in total. The van der Waals surface area contributed by atoms with Gasteiger partial charge in [-0.2, -0.15) is 0 Å². The number of benzene rings is 2. The van der Waals surface area contributed by atoms with Crippen molar-refractivity contribution in [2.24, 2.45) is 0 Å². The highest BCUT2D eigenvalue weighted by atomic mass is 35.5. The van der Waals surface area contributed by atoms with Crippen LogP contribution in [0.1, 0.15) is 12.5 Å². The van der Waals surface area contributed by atoms with Crippen molar-refractivity contribution >= 4 is 46.7 Å². The van der Waals surface area contributed by atoms with E-state index in [2.05, 4.69) is 10.6 Å². The zero-order valence-corrected chi connectivity index (χ0v) is 15.6. The Balaban J connectivity index is 1.79. The van der Waals surface area contributed by atoms with E-state index in [1.807, 2.05) is 0 Å². The lowest BCUT2D eigenvalue weighted by atomic mass is 9.92. The van der Waals surface area contributed by atoms with E-state index in [9.17, 15) is 18.8 Å². The van der Waals surface area contributed by atoms with E-state index in [1.165, 1.54) is 19.1 Å². The lowest BCUT2D eigenvalue weighted by Crippen LogP contribution is -2.42. The molecule has 3 rings (SSSR count). The van der Waals surface area contributed by atoms with E-state index in [1.54, 1.807) is 24.3 Å². The molecule has 4 amide bonds. The van der Waals surface area contributed by atoms with Crippen molar-refractivity contribution < 1.29 is 18.8 Å². The first-order valence-corrected chi connectivity index (χ1v) is 8.62. The smallest absolute Gasteiger partial charge is 0.322 e. The molecule has 0 aromatic heterocycles. The molecule has 0 aliphatic carbocycles. The fraction of sp³-hybridized carbons (Fsp3) is 0.167. The number of nitrogens with zero attached hydrogens (tertiary/aromatic N) is 1. The summed E-state index contributed by atoms with van der Waals surface area (Å²) in [4.78, 5) is 38.0. The quantitative estimate of drug-likeness (QED) is 0.757. The summed E-state index contributed by atoms with van der Waals surface area (Å²) < 4.78 is 13.7. The Morgan fingerprint density at radius 3 is 2.63 bits per heavy atom. The van der Waals surface area contributed by atoms with Crippen LogP contribution in [-0.2, 0) is 15.1 Å². The molecule has 1 saturated heterocycles. The second kappa shape index (κ2) is 7.17. The molecular formula is C18H14Cl2FN3O3. The number of imide groups is 1. The summed E-state index contributed by atoms with van der Waals surface area (Å²) in [5, 5.41) is 5.39. The molecule has 0 saturated carbocycles. The Labute approximate surface area is 164 Å². The second-order valence-electron chi connectivity index (χ2n) is 6.10. The number of hydrogen-bond acceptors (Lipinski definition) is 3. The highest BCUT2D eigenvalue weighted by Gasteiger charge is 2.50. The summed E-state index contributed by atoms with van der Waals surface area (Å²) in [6.45, 7) is 0.916. The number of amides is 4. The van der Waals surface area contributed by atoms with Gasteiger partial charge in [-0.05, 0) is 31.2 Å². The normalized spacial score (nSPS) is 19.2. The third-order valence-corrected chi connectivity index (χ3v) is 4.76. The summed E-state index contributed by atoms with van der Waals surface area (Å²) in [5.41, 5.74) is -1.14. The van der Waals surface area contributed by atoms with Gasteiger partial charge in [0.05, 0.1) is 5.69 Å². The van der Waals surface area contributed by atoms with Crippen molar-refractivity contribution in [2.75, 3.05) is 11.9 Å². The Morgan fingerprint density at radius 1 is 1.22 bits per heavy atom. The van der Waals surface area contributed by atoms with Crippen molar-refractivity contribution in [2.45, 2.75) is 12.5 Å². The maximum absolute atomic E-state index is 13.7.